The van der Waals surface area contributed by atoms with Gasteiger partial charge in [-0.05, 0) is 12.8 Å². The Balaban J connectivity index is 2.46. The van der Waals surface area contributed by atoms with Crippen LogP contribution in [0.3, 0.4) is 0 Å². The summed E-state index contributed by atoms with van der Waals surface area (Å²) >= 11 is 0. The topological polar surface area (TPSA) is 49.3 Å². The summed E-state index contributed by atoms with van der Waals surface area (Å²) < 4.78 is 0. The van der Waals surface area contributed by atoms with Gasteiger partial charge in [0.2, 0.25) is 5.91 Å². The van der Waals surface area contributed by atoms with Gasteiger partial charge in [-0.1, -0.05) is 6.08 Å². The average Bonchev–Trinajstić information content (AvgIpc) is 1.98. The molecular weight excluding hydrogens is 142 g/mol. The number of piperidine rings is 1. The molecule has 0 aliphatic carbocycles. The molecule has 3 heteroatoms. The van der Waals surface area contributed by atoms with E-state index in [0.717, 1.165) is 0 Å². The first-order chi connectivity index (χ1) is 5.24. The minimum Gasteiger partial charge on any atom is -0.391 e. The molecule has 1 aliphatic rings. The molecule has 1 rings (SSSR count). The predicted octanol–water partition coefficient (Wildman–Crippen LogP) is 0.202. The van der Waals surface area contributed by atoms with Crippen LogP contribution in [0.1, 0.15) is 19.3 Å². The molecule has 0 aromatic carbocycles. The first kappa shape index (κ1) is 8.27. The predicted molar refractivity (Wildman–Crippen MR) is 42.0 cm³/mol. The van der Waals surface area contributed by atoms with Gasteiger partial charge in [-0.25, -0.2) is 0 Å². The maximum Gasteiger partial charge on any atom is 0.220 e. The van der Waals surface area contributed by atoms with E-state index in [4.69, 9.17) is 0 Å². The van der Waals surface area contributed by atoms with Crippen LogP contribution < -0.4 is 5.32 Å². The van der Waals surface area contributed by atoms with Crippen molar-refractivity contribution in [2.45, 2.75) is 31.4 Å². The van der Waals surface area contributed by atoms with Crippen LogP contribution in [0, 0.1) is 0 Å². The molecule has 1 aliphatic heterocycles. The lowest BCUT2D eigenvalue weighted by Gasteiger charge is -2.27. The van der Waals surface area contributed by atoms with Gasteiger partial charge in [-0.2, -0.15) is 0 Å². The number of carbonyl (C=O) groups is 1. The smallest absolute Gasteiger partial charge is 0.220 e. The highest BCUT2D eigenvalue weighted by molar-refractivity contribution is 5.77. The summed E-state index contributed by atoms with van der Waals surface area (Å²) in [6.07, 6.45) is 2.97. The van der Waals surface area contributed by atoms with Crippen molar-refractivity contribution in [2.75, 3.05) is 0 Å². The molecule has 0 bridgehead atoms. The Morgan fingerprint density at radius 3 is 3.18 bits per heavy atom. The van der Waals surface area contributed by atoms with Crippen LogP contribution in [0.2, 0.25) is 0 Å². The van der Waals surface area contributed by atoms with Gasteiger partial charge in [0.25, 0.3) is 0 Å². The van der Waals surface area contributed by atoms with E-state index in [1.54, 1.807) is 6.08 Å². The SMILES string of the molecule is C=CC[C@H]1NC(=O)CC[C@@H]1O. The minimum absolute atomic E-state index is 0.0298. The van der Waals surface area contributed by atoms with Crippen molar-refractivity contribution in [3.63, 3.8) is 0 Å². The fourth-order valence-corrected chi connectivity index (χ4v) is 1.25. The van der Waals surface area contributed by atoms with E-state index in [1.165, 1.54) is 0 Å². The van der Waals surface area contributed by atoms with Crippen LogP contribution in [0.5, 0.6) is 0 Å². The first-order valence-corrected chi connectivity index (χ1v) is 3.82. The molecule has 3 nitrogen and oxygen atoms in total. The molecule has 1 heterocycles. The standard InChI is InChI=1S/C8H13NO2/c1-2-3-6-7(10)4-5-8(11)9-6/h2,6-7,10H,1,3-5H2,(H,9,11)/t6-,7+/m1/s1. The summed E-state index contributed by atoms with van der Waals surface area (Å²) in [7, 11) is 0. The number of aliphatic hydroxyl groups excluding tert-OH is 1. The zero-order valence-corrected chi connectivity index (χ0v) is 6.42. The van der Waals surface area contributed by atoms with E-state index in [0.29, 0.717) is 19.3 Å². The van der Waals surface area contributed by atoms with Crippen molar-refractivity contribution in [1.82, 2.24) is 5.32 Å². The van der Waals surface area contributed by atoms with Crippen molar-refractivity contribution < 1.29 is 9.90 Å². The first-order valence-electron chi connectivity index (χ1n) is 3.82. The molecule has 0 aromatic rings. The largest absolute Gasteiger partial charge is 0.391 e. The van der Waals surface area contributed by atoms with E-state index >= 15 is 0 Å². The van der Waals surface area contributed by atoms with E-state index < -0.39 is 6.10 Å². The van der Waals surface area contributed by atoms with Crippen molar-refractivity contribution in [1.29, 1.82) is 0 Å². The van der Waals surface area contributed by atoms with Crippen LogP contribution in [0.4, 0.5) is 0 Å². The van der Waals surface area contributed by atoms with Crippen LogP contribution in [-0.4, -0.2) is 23.2 Å². The lowest BCUT2D eigenvalue weighted by molar-refractivity contribution is -0.125. The molecule has 1 saturated heterocycles. The third kappa shape index (κ3) is 2.05. The summed E-state index contributed by atoms with van der Waals surface area (Å²) in [4.78, 5) is 10.8. The molecule has 0 saturated carbocycles. The molecule has 0 radical (unpaired) electrons. The summed E-state index contributed by atoms with van der Waals surface area (Å²) in [6.45, 7) is 3.55. The van der Waals surface area contributed by atoms with Gasteiger partial charge in [-0.15, -0.1) is 6.58 Å². The highest BCUT2D eigenvalue weighted by Crippen LogP contribution is 2.11. The van der Waals surface area contributed by atoms with Crippen molar-refractivity contribution in [3.05, 3.63) is 12.7 Å². The van der Waals surface area contributed by atoms with Crippen LogP contribution in [0.15, 0.2) is 12.7 Å². The fourth-order valence-electron chi connectivity index (χ4n) is 1.25. The Morgan fingerprint density at radius 1 is 1.82 bits per heavy atom. The molecule has 0 spiro atoms. The van der Waals surface area contributed by atoms with Gasteiger partial charge in [0.15, 0.2) is 0 Å². The number of hydrogen-bond donors (Lipinski definition) is 2. The van der Waals surface area contributed by atoms with Gasteiger partial charge >= 0.3 is 0 Å². The number of nitrogens with one attached hydrogen (secondary N) is 1. The number of amides is 1. The Labute approximate surface area is 66.1 Å². The van der Waals surface area contributed by atoms with Crippen LogP contribution >= 0.6 is 0 Å². The normalized spacial score (nSPS) is 31.2. The second kappa shape index (κ2) is 3.53. The summed E-state index contributed by atoms with van der Waals surface area (Å²) in [5.41, 5.74) is 0. The van der Waals surface area contributed by atoms with Crippen LogP contribution in [0.25, 0.3) is 0 Å². The van der Waals surface area contributed by atoms with Crippen molar-refractivity contribution in [2.24, 2.45) is 0 Å². The van der Waals surface area contributed by atoms with Gasteiger partial charge in [0.05, 0.1) is 12.1 Å². The van der Waals surface area contributed by atoms with Gasteiger partial charge in [-0.3, -0.25) is 4.79 Å². The fraction of sp³-hybridized carbons (Fsp3) is 0.625. The molecule has 62 valence electrons. The van der Waals surface area contributed by atoms with Crippen molar-refractivity contribution in [3.8, 4) is 0 Å². The molecule has 0 aromatic heterocycles. The number of hydrogen-bond acceptors (Lipinski definition) is 2. The molecule has 1 amide bonds. The third-order valence-corrected chi connectivity index (χ3v) is 1.90. The third-order valence-electron chi connectivity index (χ3n) is 1.90. The Kier molecular flexibility index (Phi) is 2.65. The molecule has 11 heavy (non-hydrogen) atoms. The number of rotatable bonds is 2. The van der Waals surface area contributed by atoms with Gasteiger partial charge in [0, 0.05) is 6.42 Å². The zero-order chi connectivity index (χ0) is 8.27. The second-order valence-electron chi connectivity index (χ2n) is 2.80. The second-order valence-corrected chi connectivity index (χ2v) is 2.80. The quantitative estimate of drug-likeness (QED) is 0.560. The Hall–Kier alpha value is -0.830. The van der Waals surface area contributed by atoms with E-state index in [2.05, 4.69) is 11.9 Å². The Morgan fingerprint density at radius 2 is 2.55 bits per heavy atom. The molecule has 0 unspecified atom stereocenters. The number of carbonyl (C=O) groups excluding carboxylic acids is 1. The van der Waals surface area contributed by atoms with E-state index in [9.17, 15) is 9.90 Å². The lowest BCUT2D eigenvalue weighted by atomic mass is 9.98. The molecule has 2 atom stereocenters. The zero-order valence-electron chi connectivity index (χ0n) is 6.42. The monoisotopic (exact) mass is 155 g/mol. The average molecular weight is 155 g/mol. The van der Waals surface area contributed by atoms with Gasteiger partial charge in [0.1, 0.15) is 0 Å². The summed E-state index contributed by atoms with van der Waals surface area (Å²) in [5, 5.41) is 12.1. The van der Waals surface area contributed by atoms with Crippen molar-refractivity contribution >= 4 is 5.91 Å². The number of aliphatic hydroxyl groups is 1. The van der Waals surface area contributed by atoms with E-state index in [1.807, 2.05) is 0 Å². The molecular formula is C8H13NO2. The molecule has 1 fully saturated rings. The maximum atomic E-state index is 10.8. The van der Waals surface area contributed by atoms with Gasteiger partial charge < -0.3 is 10.4 Å². The summed E-state index contributed by atoms with van der Waals surface area (Å²) in [5.74, 6) is 0.0298. The van der Waals surface area contributed by atoms with E-state index in [-0.39, 0.29) is 11.9 Å². The minimum atomic E-state index is -0.398. The lowest BCUT2D eigenvalue weighted by Crippen LogP contribution is -2.47. The highest BCUT2D eigenvalue weighted by Gasteiger charge is 2.25. The van der Waals surface area contributed by atoms with Crippen LogP contribution in [-0.2, 0) is 4.79 Å². The highest BCUT2D eigenvalue weighted by atomic mass is 16.3. The molecule has 2 N–H and O–H groups in total. The summed E-state index contributed by atoms with van der Waals surface area (Å²) in [6, 6.07) is -0.117. The maximum absolute atomic E-state index is 10.8. The Bertz CT molecular complexity index is 167.